The predicted octanol–water partition coefficient (Wildman–Crippen LogP) is 3.07. The first kappa shape index (κ1) is 17.2. The molecule has 0 unspecified atom stereocenters. The summed E-state index contributed by atoms with van der Waals surface area (Å²) in [5, 5.41) is 1.16. The molecule has 2 heterocycles. The second-order valence-electron chi connectivity index (χ2n) is 5.89. The zero-order valence-corrected chi connectivity index (χ0v) is 15.5. The molecule has 128 valence electrons. The molecule has 0 atom stereocenters. The zero-order chi connectivity index (χ0) is 16.9. The van der Waals surface area contributed by atoms with E-state index >= 15 is 0 Å². The van der Waals surface area contributed by atoms with Crippen LogP contribution in [0.5, 0.6) is 0 Å². The highest BCUT2D eigenvalue weighted by molar-refractivity contribution is 9.10. The maximum absolute atomic E-state index is 11.7. The van der Waals surface area contributed by atoms with Gasteiger partial charge in [-0.05, 0) is 41.4 Å². The molecule has 1 fully saturated rings. The summed E-state index contributed by atoms with van der Waals surface area (Å²) in [7, 11) is 0. The number of para-hydroxylation sites is 1. The SMILES string of the molecule is CCOC(=O)CN1CCCN(c2ccnc3c(Br)cccc23)CC1. The molecule has 3 rings (SSSR count). The number of nitrogens with zero attached hydrogens (tertiary/aromatic N) is 3. The number of carbonyl (C=O) groups is 1. The van der Waals surface area contributed by atoms with E-state index in [1.807, 2.05) is 25.3 Å². The second kappa shape index (κ2) is 7.94. The third-order valence-corrected chi connectivity index (χ3v) is 4.93. The summed E-state index contributed by atoms with van der Waals surface area (Å²) in [5.74, 6) is -0.135. The molecule has 6 heteroatoms. The van der Waals surface area contributed by atoms with Gasteiger partial charge in [-0.1, -0.05) is 12.1 Å². The number of hydrogen-bond acceptors (Lipinski definition) is 5. The Morgan fingerprint density at radius 2 is 2.12 bits per heavy atom. The Hall–Kier alpha value is -1.66. The summed E-state index contributed by atoms with van der Waals surface area (Å²) in [6.45, 7) is 6.31. The highest BCUT2D eigenvalue weighted by Gasteiger charge is 2.19. The van der Waals surface area contributed by atoms with Gasteiger partial charge < -0.3 is 9.64 Å². The third kappa shape index (κ3) is 3.87. The Morgan fingerprint density at radius 1 is 1.25 bits per heavy atom. The van der Waals surface area contributed by atoms with Gasteiger partial charge in [-0.25, -0.2) is 0 Å². The maximum Gasteiger partial charge on any atom is 0.320 e. The van der Waals surface area contributed by atoms with E-state index in [0.29, 0.717) is 13.2 Å². The number of anilines is 1. The van der Waals surface area contributed by atoms with E-state index in [1.54, 1.807) is 0 Å². The number of hydrogen-bond donors (Lipinski definition) is 0. The van der Waals surface area contributed by atoms with Crippen molar-refractivity contribution in [2.24, 2.45) is 0 Å². The van der Waals surface area contributed by atoms with E-state index in [4.69, 9.17) is 4.74 Å². The van der Waals surface area contributed by atoms with Gasteiger partial charge in [0.05, 0.1) is 18.7 Å². The quantitative estimate of drug-likeness (QED) is 0.749. The average molecular weight is 392 g/mol. The Balaban J connectivity index is 1.75. The van der Waals surface area contributed by atoms with Gasteiger partial charge in [0, 0.05) is 47.9 Å². The number of aromatic nitrogens is 1. The smallest absolute Gasteiger partial charge is 0.320 e. The summed E-state index contributed by atoms with van der Waals surface area (Å²) in [6.07, 6.45) is 2.89. The number of ether oxygens (including phenoxy) is 1. The molecule has 2 aromatic rings. The summed E-state index contributed by atoms with van der Waals surface area (Å²) in [4.78, 5) is 20.8. The van der Waals surface area contributed by atoms with E-state index in [0.717, 1.165) is 48.0 Å². The topological polar surface area (TPSA) is 45.7 Å². The molecule has 5 nitrogen and oxygen atoms in total. The van der Waals surface area contributed by atoms with Crippen molar-refractivity contribution in [2.75, 3.05) is 44.2 Å². The van der Waals surface area contributed by atoms with E-state index in [2.05, 4.69) is 42.8 Å². The molecule has 0 saturated carbocycles. The molecule has 1 saturated heterocycles. The second-order valence-corrected chi connectivity index (χ2v) is 6.74. The van der Waals surface area contributed by atoms with Gasteiger partial charge in [-0.3, -0.25) is 14.7 Å². The van der Waals surface area contributed by atoms with Crippen LogP contribution in [0.2, 0.25) is 0 Å². The molecular weight excluding hydrogens is 370 g/mol. The zero-order valence-electron chi connectivity index (χ0n) is 13.9. The fraction of sp³-hybridized carbons (Fsp3) is 0.444. The molecule has 1 aromatic carbocycles. The van der Waals surface area contributed by atoms with Crippen molar-refractivity contribution in [3.05, 3.63) is 34.9 Å². The molecule has 24 heavy (non-hydrogen) atoms. The van der Waals surface area contributed by atoms with Gasteiger partial charge in [0.1, 0.15) is 0 Å². The standard InChI is InChI=1S/C18H22BrN3O2/c1-2-24-17(23)13-21-9-4-10-22(12-11-21)16-7-8-20-18-14(16)5-3-6-15(18)19/h3,5-8H,2,4,9-13H2,1H3. The minimum Gasteiger partial charge on any atom is -0.465 e. The first-order valence-corrected chi connectivity index (χ1v) is 9.14. The number of pyridine rings is 1. The largest absolute Gasteiger partial charge is 0.465 e. The van der Waals surface area contributed by atoms with Crippen molar-refractivity contribution in [3.63, 3.8) is 0 Å². The van der Waals surface area contributed by atoms with Crippen LogP contribution in [0.1, 0.15) is 13.3 Å². The van der Waals surface area contributed by atoms with Gasteiger partial charge in [0.2, 0.25) is 0 Å². The molecule has 1 aliphatic rings. The van der Waals surface area contributed by atoms with Crippen molar-refractivity contribution in [1.82, 2.24) is 9.88 Å². The van der Waals surface area contributed by atoms with Gasteiger partial charge in [-0.2, -0.15) is 0 Å². The Bertz CT molecular complexity index is 722. The minimum absolute atomic E-state index is 0.135. The molecule has 0 amide bonds. The highest BCUT2D eigenvalue weighted by Crippen LogP contribution is 2.30. The monoisotopic (exact) mass is 391 g/mol. The molecule has 1 aliphatic heterocycles. The summed E-state index contributed by atoms with van der Waals surface area (Å²) >= 11 is 3.58. The van der Waals surface area contributed by atoms with Gasteiger partial charge in [0.15, 0.2) is 0 Å². The summed E-state index contributed by atoms with van der Waals surface area (Å²) < 4.78 is 6.07. The highest BCUT2D eigenvalue weighted by atomic mass is 79.9. The molecule has 0 aliphatic carbocycles. The van der Waals surface area contributed by atoms with Crippen LogP contribution in [0, 0.1) is 0 Å². The lowest BCUT2D eigenvalue weighted by Crippen LogP contribution is -2.35. The number of carbonyl (C=O) groups excluding carboxylic acids is 1. The van der Waals surface area contributed by atoms with E-state index in [9.17, 15) is 4.79 Å². The van der Waals surface area contributed by atoms with Crippen LogP contribution < -0.4 is 4.90 Å². The van der Waals surface area contributed by atoms with Crippen molar-refractivity contribution in [1.29, 1.82) is 0 Å². The third-order valence-electron chi connectivity index (χ3n) is 4.29. The Kier molecular flexibility index (Phi) is 5.68. The number of esters is 1. The fourth-order valence-electron chi connectivity index (χ4n) is 3.16. The number of rotatable bonds is 4. The van der Waals surface area contributed by atoms with Crippen LogP contribution in [-0.4, -0.2) is 55.2 Å². The normalized spacial score (nSPS) is 16.2. The van der Waals surface area contributed by atoms with Crippen LogP contribution >= 0.6 is 15.9 Å². The van der Waals surface area contributed by atoms with Gasteiger partial charge in [0.25, 0.3) is 0 Å². The first-order chi connectivity index (χ1) is 11.7. The van der Waals surface area contributed by atoms with Crippen LogP contribution in [0.3, 0.4) is 0 Å². The average Bonchev–Trinajstić information content (AvgIpc) is 2.80. The molecule has 0 N–H and O–H groups in total. The number of fused-ring (bicyclic) bond motifs is 1. The fourth-order valence-corrected chi connectivity index (χ4v) is 3.63. The van der Waals surface area contributed by atoms with E-state index in [-0.39, 0.29) is 5.97 Å². The number of benzene rings is 1. The first-order valence-electron chi connectivity index (χ1n) is 8.35. The minimum atomic E-state index is -0.135. The Morgan fingerprint density at radius 3 is 2.96 bits per heavy atom. The van der Waals surface area contributed by atoms with Gasteiger partial charge >= 0.3 is 5.97 Å². The molecule has 1 aromatic heterocycles. The van der Waals surface area contributed by atoms with Crippen LogP contribution in [0.25, 0.3) is 10.9 Å². The van der Waals surface area contributed by atoms with Crippen molar-refractivity contribution < 1.29 is 9.53 Å². The molecule has 0 radical (unpaired) electrons. The van der Waals surface area contributed by atoms with Crippen molar-refractivity contribution >= 4 is 38.5 Å². The predicted molar refractivity (Wildman–Crippen MR) is 99.3 cm³/mol. The number of halogens is 1. The lowest BCUT2D eigenvalue weighted by molar-refractivity contribution is -0.144. The maximum atomic E-state index is 11.7. The summed E-state index contributed by atoms with van der Waals surface area (Å²) in [6, 6.07) is 8.25. The lowest BCUT2D eigenvalue weighted by atomic mass is 10.1. The van der Waals surface area contributed by atoms with Crippen LogP contribution in [0.15, 0.2) is 34.9 Å². The van der Waals surface area contributed by atoms with Crippen LogP contribution in [0.4, 0.5) is 5.69 Å². The Labute approximate surface area is 150 Å². The van der Waals surface area contributed by atoms with Gasteiger partial charge in [-0.15, -0.1) is 0 Å². The summed E-state index contributed by atoms with van der Waals surface area (Å²) in [5.41, 5.74) is 2.20. The molecule has 0 spiro atoms. The lowest BCUT2D eigenvalue weighted by Gasteiger charge is -2.24. The van der Waals surface area contributed by atoms with Crippen molar-refractivity contribution in [2.45, 2.75) is 13.3 Å². The van der Waals surface area contributed by atoms with Crippen molar-refractivity contribution in [3.8, 4) is 0 Å². The van der Waals surface area contributed by atoms with E-state index < -0.39 is 0 Å². The molecule has 0 bridgehead atoms. The van der Waals surface area contributed by atoms with E-state index in [1.165, 1.54) is 5.69 Å². The van der Waals surface area contributed by atoms with Crippen LogP contribution in [-0.2, 0) is 9.53 Å². The molecular formula is C18H22BrN3O2.